The Balaban J connectivity index is 2.38. The van der Waals surface area contributed by atoms with Gasteiger partial charge in [0.25, 0.3) is 0 Å². The van der Waals surface area contributed by atoms with Crippen LogP contribution in [0.1, 0.15) is 12.1 Å². The van der Waals surface area contributed by atoms with Crippen LogP contribution in [0, 0.1) is 0 Å². The van der Waals surface area contributed by atoms with E-state index in [1.54, 1.807) is 0 Å². The van der Waals surface area contributed by atoms with Gasteiger partial charge in [-0.2, -0.15) is 13.2 Å². The lowest BCUT2D eigenvalue weighted by molar-refractivity contribution is -0.139. The van der Waals surface area contributed by atoms with Crippen LogP contribution in [0.15, 0.2) is 12.1 Å². The highest BCUT2D eigenvalue weighted by Gasteiger charge is 2.26. The third-order valence-corrected chi connectivity index (χ3v) is 1.49. The molecule has 0 aromatic carbocycles. The van der Waals surface area contributed by atoms with Crippen LogP contribution < -0.4 is 4.74 Å². The minimum Gasteiger partial charge on any atom is -0.476 e. The van der Waals surface area contributed by atoms with Crippen LogP contribution in [-0.4, -0.2) is 28.1 Å². The van der Waals surface area contributed by atoms with Crippen molar-refractivity contribution < 1.29 is 23.0 Å². The van der Waals surface area contributed by atoms with Gasteiger partial charge in [-0.15, -0.1) is 10.2 Å². The van der Waals surface area contributed by atoms with E-state index >= 15 is 0 Å². The Bertz CT molecular complexity index is 300. The Morgan fingerprint density at radius 1 is 1.27 bits per heavy atom. The topological polar surface area (TPSA) is 55.2 Å². The van der Waals surface area contributed by atoms with E-state index in [1.807, 2.05) is 0 Å². The third-order valence-electron chi connectivity index (χ3n) is 1.49. The number of ether oxygens (including phenoxy) is 1. The van der Waals surface area contributed by atoms with Crippen molar-refractivity contribution in [1.82, 2.24) is 10.2 Å². The van der Waals surface area contributed by atoms with Crippen LogP contribution in [0.2, 0.25) is 0 Å². The maximum absolute atomic E-state index is 11.7. The van der Waals surface area contributed by atoms with E-state index in [0.29, 0.717) is 5.69 Å². The molecule has 0 saturated heterocycles. The van der Waals surface area contributed by atoms with Gasteiger partial charge in [-0.05, 0) is 6.07 Å². The number of hydrogen-bond acceptors (Lipinski definition) is 4. The van der Waals surface area contributed by atoms with Gasteiger partial charge in [-0.1, -0.05) is 0 Å². The highest BCUT2D eigenvalue weighted by atomic mass is 19.4. The van der Waals surface area contributed by atoms with Crippen molar-refractivity contribution in [2.45, 2.75) is 19.2 Å². The predicted molar refractivity (Wildman–Crippen MR) is 44.1 cm³/mol. The first kappa shape index (κ1) is 11.7. The van der Waals surface area contributed by atoms with Crippen molar-refractivity contribution in [1.29, 1.82) is 0 Å². The van der Waals surface area contributed by atoms with Crippen LogP contribution in [0.25, 0.3) is 0 Å². The number of aliphatic hydroxyl groups excluding tert-OH is 1. The molecule has 1 N–H and O–H groups in total. The monoisotopic (exact) mass is 222 g/mol. The molecular weight excluding hydrogens is 213 g/mol. The number of alkyl halides is 3. The summed E-state index contributed by atoms with van der Waals surface area (Å²) in [5.74, 6) is 0.0106. The summed E-state index contributed by atoms with van der Waals surface area (Å²) in [6.07, 6.45) is -5.27. The molecule has 0 aliphatic carbocycles. The molecule has 15 heavy (non-hydrogen) atoms. The molecule has 1 heterocycles. The summed E-state index contributed by atoms with van der Waals surface area (Å²) in [5.41, 5.74) is 0.332. The summed E-state index contributed by atoms with van der Waals surface area (Å²) in [7, 11) is 0. The Labute approximate surface area is 83.7 Å². The summed E-state index contributed by atoms with van der Waals surface area (Å²) in [6.45, 7) is -0.757. The van der Waals surface area contributed by atoms with E-state index in [9.17, 15) is 13.2 Å². The Hall–Kier alpha value is -1.37. The van der Waals surface area contributed by atoms with Crippen molar-refractivity contribution in [2.24, 2.45) is 0 Å². The van der Waals surface area contributed by atoms with Crippen LogP contribution in [0.4, 0.5) is 13.2 Å². The number of hydrogen-bond donors (Lipinski definition) is 1. The minimum absolute atomic E-state index is 0.0106. The largest absolute Gasteiger partial charge is 0.476 e. The van der Waals surface area contributed by atoms with Crippen LogP contribution in [0.3, 0.4) is 0 Å². The first-order valence-corrected chi connectivity index (χ1v) is 4.14. The van der Waals surface area contributed by atoms with Crippen LogP contribution in [0.5, 0.6) is 5.88 Å². The minimum atomic E-state index is -4.24. The van der Waals surface area contributed by atoms with Gasteiger partial charge in [0.15, 0.2) is 0 Å². The van der Waals surface area contributed by atoms with E-state index in [-0.39, 0.29) is 12.5 Å². The summed E-state index contributed by atoms with van der Waals surface area (Å²) in [6, 6.07) is 2.78. The molecule has 0 aliphatic heterocycles. The molecule has 0 aliphatic rings. The molecule has 1 rings (SSSR count). The van der Waals surface area contributed by atoms with E-state index in [2.05, 4.69) is 10.2 Å². The zero-order valence-corrected chi connectivity index (χ0v) is 7.66. The molecule has 0 saturated carbocycles. The normalized spacial score (nSPS) is 11.5. The maximum atomic E-state index is 11.7. The van der Waals surface area contributed by atoms with E-state index in [1.165, 1.54) is 12.1 Å². The molecule has 1 aromatic rings. The average molecular weight is 222 g/mol. The molecule has 7 heteroatoms. The second-order valence-electron chi connectivity index (χ2n) is 2.73. The summed E-state index contributed by atoms with van der Waals surface area (Å²) < 4.78 is 39.9. The molecule has 0 fully saturated rings. The van der Waals surface area contributed by atoms with Crippen molar-refractivity contribution in [3.8, 4) is 5.88 Å². The fraction of sp³-hybridized carbons (Fsp3) is 0.500. The van der Waals surface area contributed by atoms with Crippen LogP contribution >= 0.6 is 0 Å². The van der Waals surface area contributed by atoms with Crippen LogP contribution in [-0.2, 0) is 6.61 Å². The maximum Gasteiger partial charge on any atom is 0.392 e. The molecule has 0 radical (unpaired) electrons. The number of aromatic nitrogens is 2. The molecule has 0 amide bonds. The zero-order chi connectivity index (χ0) is 11.3. The van der Waals surface area contributed by atoms with Gasteiger partial charge in [0.05, 0.1) is 25.3 Å². The van der Waals surface area contributed by atoms with Gasteiger partial charge in [0.2, 0.25) is 5.88 Å². The molecule has 1 aromatic heterocycles. The van der Waals surface area contributed by atoms with Gasteiger partial charge in [0, 0.05) is 6.07 Å². The SMILES string of the molecule is OCc1ccc(OCCC(F)(F)F)nn1. The van der Waals surface area contributed by atoms with E-state index in [0.717, 1.165) is 0 Å². The van der Waals surface area contributed by atoms with Crippen molar-refractivity contribution in [3.05, 3.63) is 17.8 Å². The fourth-order valence-corrected chi connectivity index (χ4v) is 0.780. The van der Waals surface area contributed by atoms with Gasteiger partial charge < -0.3 is 9.84 Å². The predicted octanol–water partition coefficient (Wildman–Crippen LogP) is 1.30. The smallest absolute Gasteiger partial charge is 0.392 e. The molecule has 0 unspecified atom stereocenters. The van der Waals surface area contributed by atoms with Crippen molar-refractivity contribution in [2.75, 3.05) is 6.61 Å². The Morgan fingerprint density at radius 2 is 2.00 bits per heavy atom. The second-order valence-corrected chi connectivity index (χ2v) is 2.73. The fourth-order valence-electron chi connectivity index (χ4n) is 0.780. The highest BCUT2D eigenvalue weighted by Crippen LogP contribution is 2.19. The van der Waals surface area contributed by atoms with Gasteiger partial charge in [0.1, 0.15) is 0 Å². The van der Waals surface area contributed by atoms with Crippen molar-refractivity contribution >= 4 is 0 Å². The van der Waals surface area contributed by atoms with Gasteiger partial charge in [-0.25, -0.2) is 0 Å². The standard InChI is InChI=1S/C8H9F3N2O2/c9-8(10,11)3-4-15-7-2-1-6(5-14)12-13-7/h1-2,14H,3-5H2. The number of halogens is 3. The number of rotatable bonds is 4. The first-order valence-electron chi connectivity index (χ1n) is 4.14. The summed E-state index contributed by atoms with van der Waals surface area (Å²) in [4.78, 5) is 0. The Morgan fingerprint density at radius 3 is 2.47 bits per heavy atom. The number of aliphatic hydroxyl groups is 1. The molecule has 0 bridgehead atoms. The third kappa shape index (κ3) is 4.59. The lowest BCUT2D eigenvalue weighted by Gasteiger charge is -2.07. The summed E-state index contributed by atoms with van der Waals surface area (Å²) in [5, 5.41) is 15.6. The van der Waals surface area contributed by atoms with E-state index in [4.69, 9.17) is 9.84 Å². The van der Waals surface area contributed by atoms with Gasteiger partial charge in [-0.3, -0.25) is 0 Å². The first-order chi connectivity index (χ1) is 7.01. The lowest BCUT2D eigenvalue weighted by atomic mass is 10.4. The van der Waals surface area contributed by atoms with E-state index < -0.39 is 19.2 Å². The quantitative estimate of drug-likeness (QED) is 0.834. The summed E-state index contributed by atoms with van der Waals surface area (Å²) >= 11 is 0. The molecule has 84 valence electrons. The highest BCUT2D eigenvalue weighted by molar-refractivity contribution is 5.10. The van der Waals surface area contributed by atoms with Crippen molar-refractivity contribution in [3.63, 3.8) is 0 Å². The average Bonchev–Trinajstić information content (AvgIpc) is 2.17. The molecule has 4 nitrogen and oxygen atoms in total. The number of nitrogens with zero attached hydrogens (tertiary/aromatic N) is 2. The zero-order valence-electron chi connectivity index (χ0n) is 7.66. The lowest BCUT2D eigenvalue weighted by Crippen LogP contribution is -2.13. The second kappa shape index (κ2) is 4.92. The molecule has 0 spiro atoms. The Kier molecular flexibility index (Phi) is 3.84. The van der Waals surface area contributed by atoms with Gasteiger partial charge >= 0.3 is 6.18 Å². The molecule has 0 atom stereocenters. The molecular formula is C8H9F3N2O2.